The van der Waals surface area contributed by atoms with Crippen molar-refractivity contribution in [1.82, 2.24) is 14.6 Å². The number of nitrogens with one attached hydrogen (secondary N) is 2. The molecule has 10 heteroatoms. The van der Waals surface area contributed by atoms with E-state index in [0.717, 1.165) is 32.2 Å². The van der Waals surface area contributed by atoms with E-state index in [0.29, 0.717) is 18.7 Å². The molecule has 2 N–H and O–H groups in total. The minimum Gasteiger partial charge on any atom is -0.313 e. The number of anilines is 1. The number of sulfonamides is 1. The SMILES string of the molecule is CC(C)CN(CC(C)C)S(=O)(=O)c1ccc(C(=O)Nc2sc3c(c2-c2nc4ccccc4s2)CC(C)(C)NC3(C)C)cc1. The number of thiazole rings is 1. The molecule has 0 spiro atoms. The van der Waals surface area contributed by atoms with Crippen LogP contribution in [0.1, 0.15) is 76.2 Å². The topological polar surface area (TPSA) is 91.4 Å². The Balaban J connectivity index is 1.50. The Morgan fingerprint density at radius 3 is 2.21 bits per heavy atom. The van der Waals surface area contributed by atoms with Gasteiger partial charge in [-0.25, -0.2) is 13.4 Å². The number of hydrogen-bond acceptors (Lipinski definition) is 7. The molecule has 230 valence electrons. The Labute approximate surface area is 263 Å². The molecule has 2 aromatic heterocycles. The van der Waals surface area contributed by atoms with Crippen molar-refractivity contribution in [3.05, 3.63) is 64.5 Å². The lowest BCUT2D eigenvalue weighted by Gasteiger charge is -2.42. The van der Waals surface area contributed by atoms with Gasteiger partial charge in [0.2, 0.25) is 10.0 Å². The molecule has 0 saturated heterocycles. The van der Waals surface area contributed by atoms with Crippen LogP contribution in [-0.4, -0.2) is 42.2 Å². The average Bonchev–Trinajstić information content (AvgIpc) is 3.48. The van der Waals surface area contributed by atoms with Crippen molar-refractivity contribution >= 4 is 53.8 Å². The monoisotopic (exact) mass is 638 g/mol. The molecule has 2 aromatic carbocycles. The van der Waals surface area contributed by atoms with Crippen LogP contribution in [0.4, 0.5) is 5.00 Å². The van der Waals surface area contributed by atoms with Crippen molar-refractivity contribution in [1.29, 1.82) is 0 Å². The third kappa shape index (κ3) is 6.59. The fourth-order valence-corrected chi connectivity index (χ4v) is 10.2. The fraction of sp³-hybridized carbons (Fsp3) is 0.455. The van der Waals surface area contributed by atoms with E-state index in [4.69, 9.17) is 4.98 Å². The molecule has 0 fully saturated rings. The summed E-state index contributed by atoms with van der Waals surface area (Å²) in [5.74, 6) is 0.118. The van der Waals surface area contributed by atoms with Crippen molar-refractivity contribution in [2.75, 3.05) is 18.4 Å². The third-order valence-electron chi connectivity index (χ3n) is 7.47. The van der Waals surface area contributed by atoms with Gasteiger partial charge in [0, 0.05) is 40.2 Å². The number of fused-ring (bicyclic) bond motifs is 2. The third-order valence-corrected chi connectivity index (χ3v) is 11.8. The molecule has 0 bridgehead atoms. The summed E-state index contributed by atoms with van der Waals surface area (Å²) in [6, 6.07) is 14.4. The van der Waals surface area contributed by atoms with Gasteiger partial charge in [0.25, 0.3) is 5.91 Å². The molecule has 0 aliphatic carbocycles. The minimum absolute atomic E-state index is 0.134. The highest BCUT2D eigenvalue weighted by Crippen LogP contribution is 2.50. The number of rotatable bonds is 9. The van der Waals surface area contributed by atoms with Crippen molar-refractivity contribution in [3.63, 3.8) is 0 Å². The van der Waals surface area contributed by atoms with Crippen LogP contribution in [0.15, 0.2) is 53.4 Å². The molecule has 5 rings (SSSR count). The lowest BCUT2D eigenvalue weighted by molar-refractivity contribution is 0.102. The summed E-state index contributed by atoms with van der Waals surface area (Å²) in [5.41, 5.74) is 3.11. The molecule has 0 radical (unpaired) electrons. The Kier molecular flexibility index (Phi) is 8.65. The number of carbonyl (C=O) groups excluding carboxylic acids is 1. The van der Waals surface area contributed by atoms with Gasteiger partial charge in [-0.15, -0.1) is 22.7 Å². The maximum absolute atomic E-state index is 13.7. The highest BCUT2D eigenvalue weighted by molar-refractivity contribution is 7.89. The predicted octanol–water partition coefficient (Wildman–Crippen LogP) is 7.74. The highest BCUT2D eigenvalue weighted by atomic mass is 32.2. The van der Waals surface area contributed by atoms with Crippen LogP contribution >= 0.6 is 22.7 Å². The van der Waals surface area contributed by atoms with Crippen LogP contribution < -0.4 is 10.6 Å². The van der Waals surface area contributed by atoms with E-state index in [-0.39, 0.29) is 33.7 Å². The van der Waals surface area contributed by atoms with Crippen LogP contribution in [-0.2, 0) is 22.0 Å². The summed E-state index contributed by atoms with van der Waals surface area (Å²) >= 11 is 3.22. The van der Waals surface area contributed by atoms with E-state index in [1.54, 1.807) is 51.2 Å². The maximum atomic E-state index is 13.7. The smallest absolute Gasteiger partial charge is 0.256 e. The maximum Gasteiger partial charge on any atom is 0.256 e. The molecular formula is C33H42N4O3S3. The zero-order valence-electron chi connectivity index (χ0n) is 26.2. The second-order valence-electron chi connectivity index (χ2n) is 13.5. The zero-order chi connectivity index (χ0) is 31.3. The lowest BCUT2D eigenvalue weighted by Crippen LogP contribution is -2.54. The highest BCUT2D eigenvalue weighted by Gasteiger charge is 2.41. The van der Waals surface area contributed by atoms with Crippen LogP contribution in [0.5, 0.6) is 0 Å². The fourth-order valence-electron chi connectivity index (χ4n) is 6.01. The van der Waals surface area contributed by atoms with Crippen molar-refractivity contribution in [2.24, 2.45) is 11.8 Å². The standard InChI is InChI=1S/C33H42N4O3S3/c1-20(2)18-37(19-21(3)4)43(39,40)23-15-13-22(14-16-23)29(38)35-31-27(30-34-25-11-9-10-12-26(25)41-30)24-17-32(5,6)36-33(7,8)28(24)42-31/h9-16,20-21,36H,17-19H2,1-8H3,(H,35,38). The quantitative estimate of drug-likeness (QED) is 0.196. The first kappa shape index (κ1) is 31.8. The summed E-state index contributed by atoms with van der Waals surface area (Å²) < 4.78 is 29.6. The molecule has 0 atom stereocenters. The zero-order valence-corrected chi connectivity index (χ0v) is 28.7. The molecule has 43 heavy (non-hydrogen) atoms. The van der Waals surface area contributed by atoms with Crippen LogP contribution in [0.2, 0.25) is 0 Å². The molecule has 4 aromatic rings. The van der Waals surface area contributed by atoms with Crippen LogP contribution in [0, 0.1) is 11.8 Å². The number of para-hydroxylation sites is 1. The van der Waals surface area contributed by atoms with E-state index < -0.39 is 10.0 Å². The Morgan fingerprint density at radius 2 is 1.60 bits per heavy atom. The second-order valence-corrected chi connectivity index (χ2v) is 17.5. The van der Waals surface area contributed by atoms with E-state index >= 15 is 0 Å². The molecular weight excluding hydrogens is 597 g/mol. The van der Waals surface area contributed by atoms with Crippen molar-refractivity contribution < 1.29 is 13.2 Å². The first-order valence-electron chi connectivity index (χ1n) is 14.8. The summed E-state index contributed by atoms with van der Waals surface area (Å²) in [4.78, 5) is 20.0. The summed E-state index contributed by atoms with van der Waals surface area (Å²) in [6.07, 6.45) is 0.805. The van der Waals surface area contributed by atoms with Gasteiger partial charge in [-0.3, -0.25) is 4.79 Å². The van der Waals surface area contributed by atoms with E-state index in [2.05, 4.69) is 44.4 Å². The first-order valence-corrected chi connectivity index (χ1v) is 17.9. The van der Waals surface area contributed by atoms with Gasteiger partial charge < -0.3 is 10.6 Å². The Bertz CT molecular complexity index is 1710. The summed E-state index contributed by atoms with van der Waals surface area (Å²) in [6.45, 7) is 17.7. The van der Waals surface area contributed by atoms with Crippen LogP contribution in [0.25, 0.3) is 20.8 Å². The number of hydrogen-bond donors (Lipinski definition) is 2. The van der Waals surface area contributed by atoms with Gasteiger partial charge in [0.15, 0.2) is 0 Å². The number of carbonyl (C=O) groups is 1. The average molecular weight is 639 g/mol. The largest absolute Gasteiger partial charge is 0.313 e. The number of benzene rings is 2. The Morgan fingerprint density at radius 1 is 0.977 bits per heavy atom. The molecule has 1 aliphatic rings. The molecule has 1 amide bonds. The molecule has 3 heterocycles. The number of nitrogens with zero attached hydrogens (tertiary/aromatic N) is 2. The minimum atomic E-state index is -3.68. The van der Waals surface area contributed by atoms with Gasteiger partial charge in [0.1, 0.15) is 10.0 Å². The van der Waals surface area contributed by atoms with E-state index in [1.165, 1.54) is 10.4 Å². The summed E-state index contributed by atoms with van der Waals surface area (Å²) in [5, 5.41) is 8.60. The molecule has 0 saturated carbocycles. The molecule has 7 nitrogen and oxygen atoms in total. The Hall–Kier alpha value is -2.63. The summed E-state index contributed by atoms with van der Waals surface area (Å²) in [7, 11) is -3.68. The molecule has 0 unspecified atom stereocenters. The second kappa shape index (κ2) is 11.7. The van der Waals surface area contributed by atoms with Crippen LogP contribution in [0.3, 0.4) is 0 Å². The normalized spacial score (nSPS) is 16.3. The van der Waals surface area contributed by atoms with Gasteiger partial charge >= 0.3 is 0 Å². The number of aromatic nitrogens is 1. The van der Waals surface area contributed by atoms with Gasteiger partial charge in [-0.1, -0.05) is 39.8 Å². The first-order chi connectivity index (χ1) is 20.1. The van der Waals surface area contributed by atoms with Gasteiger partial charge in [0.05, 0.1) is 15.1 Å². The van der Waals surface area contributed by atoms with E-state index in [1.807, 2.05) is 45.9 Å². The predicted molar refractivity (Wildman–Crippen MR) is 180 cm³/mol. The lowest BCUT2D eigenvalue weighted by atomic mass is 9.81. The van der Waals surface area contributed by atoms with E-state index in [9.17, 15) is 13.2 Å². The van der Waals surface area contributed by atoms with Crippen molar-refractivity contribution in [3.8, 4) is 10.6 Å². The number of amides is 1. The number of thiophene rings is 1. The van der Waals surface area contributed by atoms with Gasteiger partial charge in [-0.05, 0) is 87.9 Å². The molecule has 1 aliphatic heterocycles. The van der Waals surface area contributed by atoms with Gasteiger partial charge in [-0.2, -0.15) is 4.31 Å². The van der Waals surface area contributed by atoms with Crippen molar-refractivity contribution in [2.45, 2.75) is 77.8 Å².